The zero-order valence-electron chi connectivity index (χ0n) is 18.4. The number of Topliss-reactive ketones (excluding diaryl/α,β-unsaturated/α-hetero) is 1. The second kappa shape index (κ2) is 9.87. The average molecular weight is 465 g/mol. The number of ketones is 1. The molecular formula is C25H24N2O5S. The van der Waals surface area contributed by atoms with Gasteiger partial charge in [-0.05, 0) is 31.0 Å². The molecule has 0 saturated carbocycles. The fourth-order valence-electron chi connectivity index (χ4n) is 3.73. The SMILES string of the molecule is CCCOc1ccc(C2C(=C(O)c3ccccc3)C(=O)C(=O)N2c2nccs2)cc1OCC. The lowest BCUT2D eigenvalue weighted by Gasteiger charge is -2.24. The smallest absolute Gasteiger partial charge is 0.301 e. The van der Waals surface area contributed by atoms with Crippen LogP contribution in [0.25, 0.3) is 5.76 Å². The molecule has 1 N–H and O–H groups in total. The van der Waals surface area contributed by atoms with Gasteiger partial charge in [-0.1, -0.05) is 43.3 Å². The van der Waals surface area contributed by atoms with E-state index in [4.69, 9.17) is 9.47 Å². The van der Waals surface area contributed by atoms with Gasteiger partial charge in [-0.2, -0.15) is 0 Å². The summed E-state index contributed by atoms with van der Waals surface area (Å²) in [6.07, 6.45) is 2.41. The van der Waals surface area contributed by atoms with Crippen LogP contribution < -0.4 is 14.4 Å². The Bertz CT molecular complexity index is 1170. The van der Waals surface area contributed by atoms with Gasteiger partial charge < -0.3 is 14.6 Å². The summed E-state index contributed by atoms with van der Waals surface area (Å²) in [6, 6.07) is 13.1. The summed E-state index contributed by atoms with van der Waals surface area (Å²) >= 11 is 1.24. The zero-order valence-corrected chi connectivity index (χ0v) is 19.2. The average Bonchev–Trinajstić information content (AvgIpc) is 3.45. The monoisotopic (exact) mass is 464 g/mol. The number of rotatable bonds is 8. The van der Waals surface area contributed by atoms with Crippen LogP contribution in [0.1, 0.15) is 37.4 Å². The third kappa shape index (κ3) is 4.34. The van der Waals surface area contributed by atoms with Crippen LogP contribution in [-0.4, -0.2) is 35.0 Å². The van der Waals surface area contributed by atoms with Gasteiger partial charge in [0, 0.05) is 17.1 Å². The summed E-state index contributed by atoms with van der Waals surface area (Å²) in [7, 11) is 0. The molecule has 0 aliphatic carbocycles. The Morgan fingerprint density at radius 3 is 2.55 bits per heavy atom. The van der Waals surface area contributed by atoms with Crippen LogP contribution >= 0.6 is 11.3 Å². The number of amides is 1. The zero-order chi connectivity index (χ0) is 23.4. The number of benzene rings is 2. The van der Waals surface area contributed by atoms with Crippen molar-refractivity contribution in [1.82, 2.24) is 4.98 Å². The molecule has 1 atom stereocenters. The molecule has 3 aromatic rings. The normalized spacial score (nSPS) is 17.4. The fourth-order valence-corrected chi connectivity index (χ4v) is 4.39. The molecule has 2 heterocycles. The Labute approximate surface area is 195 Å². The number of anilines is 1. The molecule has 1 saturated heterocycles. The lowest BCUT2D eigenvalue weighted by atomic mass is 9.95. The number of hydrogen-bond donors (Lipinski definition) is 1. The van der Waals surface area contributed by atoms with Gasteiger partial charge in [0.1, 0.15) is 5.76 Å². The number of hydrogen-bond acceptors (Lipinski definition) is 7. The van der Waals surface area contributed by atoms with Crippen molar-refractivity contribution < 1.29 is 24.2 Å². The maximum absolute atomic E-state index is 13.1. The van der Waals surface area contributed by atoms with E-state index in [1.807, 2.05) is 19.9 Å². The van der Waals surface area contributed by atoms with Gasteiger partial charge in [0.05, 0.1) is 24.8 Å². The van der Waals surface area contributed by atoms with Crippen molar-refractivity contribution in [3.05, 3.63) is 76.8 Å². The summed E-state index contributed by atoms with van der Waals surface area (Å²) < 4.78 is 11.6. The Morgan fingerprint density at radius 1 is 1.09 bits per heavy atom. The molecule has 1 aliphatic rings. The van der Waals surface area contributed by atoms with Gasteiger partial charge in [-0.15, -0.1) is 11.3 Å². The highest BCUT2D eigenvalue weighted by atomic mass is 32.1. The van der Waals surface area contributed by atoms with E-state index in [0.717, 1.165) is 6.42 Å². The minimum absolute atomic E-state index is 0.00563. The van der Waals surface area contributed by atoms with Crippen molar-refractivity contribution >= 4 is 33.9 Å². The number of aliphatic hydroxyl groups excluding tert-OH is 1. The van der Waals surface area contributed by atoms with E-state index in [-0.39, 0.29) is 11.3 Å². The van der Waals surface area contributed by atoms with E-state index in [1.165, 1.54) is 16.2 Å². The van der Waals surface area contributed by atoms with Gasteiger partial charge >= 0.3 is 5.91 Å². The van der Waals surface area contributed by atoms with Gasteiger partial charge in [0.2, 0.25) is 0 Å². The van der Waals surface area contributed by atoms with Crippen molar-refractivity contribution in [2.45, 2.75) is 26.3 Å². The lowest BCUT2D eigenvalue weighted by molar-refractivity contribution is -0.132. The van der Waals surface area contributed by atoms with Crippen molar-refractivity contribution in [3.8, 4) is 11.5 Å². The molecule has 1 amide bonds. The molecule has 170 valence electrons. The molecule has 7 nitrogen and oxygen atoms in total. The third-order valence-electron chi connectivity index (χ3n) is 5.16. The lowest BCUT2D eigenvalue weighted by Crippen LogP contribution is -2.29. The second-order valence-electron chi connectivity index (χ2n) is 7.34. The Morgan fingerprint density at radius 2 is 1.88 bits per heavy atom. The molecule has 1 aromatic heterocycles. The van der Waals surface area contributed by atoms with Gasteiger partial charge in [0.15, 0.2) is 16.6 Å². The summed E-state index contributed by atoms with van der Waals surface area (Å²) in [6.45, 7) is 4.83. The van der Waals surface area contributed by atoms with E-state index >= 15 is 0 Å². The maximum atomic E-state index is 13.1. The van der Waals surface area contributed by atoms with Crippen LogP contribution in [0.5, 0.6) is 11.5 Å². The van der Waals surface area contributed by atoms with Gasteiger partial charge in [-0.3, -0.25) is 14.5 Å². The first kappa shape index (κ1) is 22.5. The van der Waals surface area contributed by atoms with Crippen LogP contribution in [0.3, 0.4) is 0 Å². The van der Waals surface area contributed by atoms with Crippen LogP contribution in [0.15, 0.2) is 65.7 Å². The molecule has 2 aromatic carbocycles. The minimum atomic E-state index is -0.865. The molecule has 1 fully saturated rings. The quantitative estimate of drug-likeness (QED) is 0.288. The second-order valence-corrected chi connectivity index (χ2v) is 8.21. The third-order valence-corrected chi connectivity index (χ3v) is 5.93. The molecule has 0 spiro atoms. The molecule has 0 bridgehead atoms. The van der Waals surface area contributed by atoms with E-state index in [1.54, 1.807) is 54.0 Å². The molecular weight excluding hydrogens is 440 g/mol. The summed E-state index contributed by atoms with van der Waals surface area (Å²) in [5.41, 5.74) is 1.06. The Hall–Kier alpha value is -3.65. The first-order chi connectivity index (χ1) is 16.1. The number of carbonyl (C=O) groups is 2. The van der Waals surface area contributed by atoms with Crippen molar-refractivity contribution in [2.75, 3.05) is 18.1 Å². The largest absolute Gasteiger partial charge is 0.507 e. The topological polar surface area (TPSA) is 89.0 Å². The highest BCUT2D eigenvalue weighted by molar-refractivity contribution is 7.14. The number of aromatic nitrogens is 1. The highest BCUT2D eigenvalue weighted by Crippen LogP contribution is 2.44. The number of ether oxygens (including phenoxy) is 2. The summed E-state index contributed by atoms with van der Waals surface area (Å²) in [4.78, 5) is 31.8. The number of nitrogens with zero attached hydrogens (tertiary/aromatic N) is 2. The maximum Gasteiger partial charge on any atom is 0.301 e. The van der Waals surface area contributed by atoms with Crippen molar-refractivity contribution in [2.24, 2.45) is 0 Å². The van der Waals surface area contributed by atoms with E-state index in [0.29, 0.717) is 41.0 Å². The standard InChI is InChI=1S/C25H24N2O5S/c1-3-13-32-18-11-10-17(15-19(18)31-4-2)21-20(22(28)16-8-6-5-7-9-16)23(29)24(30)27(21)25-26-12-14-33-25/h5-12,14-15,21,28H,3-4,13H2,1-2H3. The fraction of sp³-hybridized carbons (Fsp3) is 0.240. The van der Waals surface area contributed by atoms with Crippen LogP contribution in [0.2, 0.25) is 0 Å². The molecule has 1 aliphatic heterocycles. The Kier molecular flexibility index (Phi) is 6.74. The number of thiazole rings is 1. The van der Waals surface area contributed by atoms with E-state index in [2.05, 4.69) is 4.98 Å². The van der Waals surface area contributed by atoms with Crippen LogP contribution in [0.4, 0.5) is 5.13 Å². The Balaban J connectivity index is 1.89. The molecule has 4 rings (SSSR count). The minimum Gasteiger partial charge on any atom is -0.507 e. The van der Waals surface area contributed by atoms with E-state index in [9.17, 15) is 14.7 Å². The number of carbonyl (C=O) groups excluding carboxylic acids is 2. The van der Waals surface area contributed by atoms with Crippen LogP contribution in [0, 0.1) is 0 Å². The predicted octanol–water partition coefficient (Wildman–Crippen LogP) is 4.96. The summed E-state index contributed by atoms with van der Waals surface area (Å²) in [5, 5.41) is 13.2. The van der Waals surface area contributed by atoms with Crippen molar-refractivity contribution in [1.29, 1.82) is 0 Å². The molecule has 33 heavy (non-hydrogen) atoms. The first-order valence-electron chi connectivity index (χ1n) is 10.7. The molecule has 0 radical (unpaired) electrons. The molecule has 8 heteroatoms. The predicted molar refractivity (Wildman–Crippen MR) is 127 cm³/mol. The number of aliphatic hydroxyl groups is 1. The van der Waals surface area contributed by atoms with Crippen LogP contribution in [-0.2, 0) is 9.59 Å². The first-order valence-corrected chi connectivity index (χ1v) is 11.6. The van der Waals surface area contributed by atoms with E-state index < -0.39 is 17.7 Å². The molecule has 1 unspecified atom stereocenters. The van der Waals surface area contributed by atoms with Gasteiger partial charge in [-0.25, -0.2) is 4.98 Å². The van der Waals surface area contributed by atoms with Crippen molar-refractivity contribution in [3.63, 3.8) is 0 Å². The summed E-state index contributed by atoms with van der Waals surface area (Å²) in [5.74, 6) is -0.649. The van der Waals surface area contributed by atoms with Gasteiger partial charge in [0.25, 0.3) is 5.78 Å². The highest BCUT2D eigenvalue weighted by Gasteiger charge is 2.48.